The molecule has 6 heteroatoms. The topological polar surface area (TPSA) is 66.5 Å². The first-order valence-corrected chi connectivity index (χ1v) is 8.52. The van der Waals surface area contributed by atoms with Crippen LogP contribution in [-0.4, -0.2) is 51.2 Å². The van der Waals surface area contributed by atoms with Gasteiger partial charge in [0, 0.05) is 37.5 Å². The molecule has 2 rings (SSSR count). The first-order chi connectivity index (χ1) is 9.30. The molecule has 1 amide bonds. The van der Waals surface area contributed by atoms with Crippen LogP contribution < -0.4 is 5.32 Å². The molecule has 5 nitrogen and oxygen atoms in total. The van der Waals surface area contributed by atoms with Crippen molar-refractivity contribution in [3.8, 4) is 0 Å². The van der Waals surface area contributed by atoms with Gasteiger partial charge < -0.3 is 10.2 Å². The summed E-state index contributed by atoms with van der Waals surface area (Å²) in [6, 6.07) is 4.83. The minimum Gasteiger partial charge on any atom is -0.333 e. The highest BCUT2D eigenvalue weighted by Gasteiger charge is 2.25. The molecular formula is C14H20N2O3S. The van der Waals surface area contributed by atoms with Crippen molar-refractivity contribution in [3.63, 3.8) is 0 Å². The number of carbonyl (C=O) groups excluding carboxylic acids is 1. The molecule has 0 bridgehead atoms. The Kier molecular flexibility index (Phi) is 4.15. The number of aryl methyl sites for hydroxylation is 1. The van der Waals surface area contributed by atoms with Crippen LogP contribution in [-0.2, 0) is 9.84 Å². The van der Waals surface area contributed by atoms with E-state index in [9.17, 15) is 13.2 Å². The van der Waals surface area contributed by atoms with Crippen LogP contribution in [0.2, 0.25) is 0 Å². The van der Waals surface area contributed by atoms with Crippen molar-refractivity contribution < 1.29 is 13.2 Å². The quantitative estimate of drug-likeness (QED) is 0.878. The smallest absolute Gasteiger partial charge is 0.254 e. The molecule has 110 valence electrons. The number of carbonyl (C=O) groups is 1. The van der Waals surface area contributed by atoms with E-state index < -0.39 is 9.84 Å². The van der Waals surface area contributed by atoms with Gasteiger partial charge in [-0.2, -0.15) is 0 Å². The van der Waals surface area contributed by atoms with Crippen LogP contribution >= 0.6 is 0 Å². The van der Waals surface area contributed by atoms with Crippen LogP contribution in [0.15, 0.2) is 23.1 Å². The third kappa shape index (κ3) is 3.02. The third-order valence-corrected chi connectivity index (χ3v) is 4.74. The average Bonchev–Trinajstić information content (AvgIpc) is 2.37. The maximum Gasteiger partial charge on any atom is 0.254 e. The fourth-order valence-electron chi connectivity index (χ4n) is 2.36. The average molecular weight is 296 g/mol. The van der Waals surface area contributed by atoms with Crippen LogP contribution in [0.1, 0.15) is 22.8 Å². The number of hydrogen-bond acceptors (Lipinski definition) is 4. The second-order valence-electron chi connectivity index (χ2n) is 5.30. The number of nitrogens with one attached hydrogen (secondary N) is 1. The molecule has 0 aliphatic carbocycles. The Hall–Kier alpha value is -1.40. The Balaban J connectivity index is 2.38. The van der Waals surface area contributed by atoms with Crippen LogP contribution in [0.4, 0.5) is 0 Å². The molecule has 1 aromatic rings. The van der Waals surface area contributed by atoms with E-state index >= 15 is 0 Å². The van der Waals surface area contributed by atoms with Gasteiger partial charge in [0.05, 0.1) is 4.90 Å². The Morgan fingerprint density at radius 1 is 1.40 bits per heavy atom. The molecule has 0 saturated carbocycles. The number of sulfone groups is 1. The second-order valence-corrected chi connectivity index (χ2v) is 7.32. The molecular weight excluding hydrogens is 276 g/mol. The van der Waals surface area contributed by atoms with Gasteiger partial charge >= 0.3 is 0 Å². The highest BCUT2D eigenvalue weighted by atomic mass is 32.2. The molecule has 1 fully saturated rings. The predicted molar refractivity (Wildman–Crippen MR) is 77.7 cm³/mol. The zero-order chi connectivity index (χ0) is 14.9. The van der Waals surface area contributed by atoms with E-state index in [0.29, 0.717) is 12.1 Å². The van der Waals surface area contributed by atoms with Crippen molar-refractivity contribution in [2.75, 3.05) is 25.9 Å². The summed E-state index contributed by atoms with van der Waals surface area (Å²) in [4.78, 5) is 14.6. The van der Waals surface area contributed by atoms with E-state index in [4.69, 9.17) is 0 Å². The maximum absolute atomic E-state index is 12.6. The lowest BCUT2D eigenvalue weighted by Crippen LogP contribution is -2.52. The van der Waals surface area contributed by atoms with Crippen molar-refractivity contribution in [2.24, 2.45) is 0 Å². The summed E-state index contributed by atoms with van der Waals surface area (Å²) in [5.41, 5.74) is 1.27. The van der Waals surface area contributed by atoms with Crippen molar-refractivity contribution in [3.05, 3.63) is 29.3 Å². The molecule has 1 heterocycles. The molecule has 0 radical (unpaired) electrons. The van der Waals surface area contributed by atoms with E-state index in [2.05, 4.69) is 5.32 Å². The molecule has 0 aromatic heterocycles. The lowest BCUT2D eigenvalue weighted by molar-refractivity contribution is 0.0655. The molecule has 0 spiro atoms. The van der Waals surface area contributed by atoms with Gasteiger partial charge in [0.25, 0.3) is 5.91 Å². The highest BCUT2D eigenvalue weighted by Crippen LogP contribution is 2.19. The summed E-state index contributed by atoms with van der Waals surface area (Å²) in [6.45, 7) is 5.98. The highest BCUT2D eigenvalue weighted by molar-refractivity contribution is 7.90. The molecule has 1 atom stereocenters. The predicted octanol–water partition coefficient (Wildman–Crippen LogP) is 0.832. The minimum atomic E-state index is -3.30. The Bertz CT molecular complexity index is 625. The molecule has 20 heavy (non-hydrogen) atoms. The zero-order valence-electron chi connectivity index (χ0n) is 12.0. The summed E-state index contributed by atoms with van der Waals surface area (Å²) < 4.78 is 23.2. The number of piperazine rings is 1. The fourth-order valence-corrected chi connectivity index (χ4v) is 3.01. The zero-order valence-corrected chi connectivity index (χ0v) is 12.8. The summed E-state index contributed by atoms with van der Waals surface area (Å²) in [6.07, 6.45) is 1.15. The first kappa shape index (κ1) is 15.0. The number of nitrogens with zero attached hydrogens (tertiary/aromatic N) is 1. The van der Waals surface area contributed by atoms with Gasteiger partial charge in [-0.15, -0.1) is 0 Å². The fraction of sp³-hybridized carbons (Fsp3) is 0.500. The minimum absolute atomic E-state index is 0.0954. The summed E-state index contributed by atoms with van der Waals surface area (Å²) >= 11 is 0. The van der Waals surface area contributed by atoms with Gasteiger partial charge in [0.1, 0.15) is 0 Å². The van der Waals surface area contributed by atoms with Gasteiger partial charge in [-0.3, -0.25) is 4.79 Å². The second kappa shape index (κ2) is 5.54. The lowest BCUT2D eigenvalue weighted by atomic mass is 10.1. The van der Waals surface area contributed by atoms with E-state index in [0.717, 1.165) is 24.9 Å². The first-order valence-electron chi connectivity index (χ1n) is 6.63. The van der Waals surface area contributed by atoms with E-state index in [1.54, 1.807) is 17.0 Å². The molecule has 1 unspecified atom stereocenters. The largest absolute Gasteiger partial charge is 0.333 e. The third-order valence-electron chi connectivity index (χ3n) is 3.63. The van der Waals surface area contributed by atoms with Gasteiger partial charge in [-0.05, 0) is 31.5 Å². The van der Waals surface area contributed by atoms with Gasteiger partial charge in [-0.25, -0.2) is 8.42 Å². The van der Waals surface area contributed by atoms with Gasteiger partial charge in [0.2, 0.25) is 0 Å². The number of hydrogen-bond donors (Lipinski definition) is 1. The molecule has 1 aromatic carbocycles. The molecule has 1 aliphatic heterocycles. The van der Waals surface area contributed by atoms with Crippen molar-refractivity contribution in [2.45, 2.75) is 24.8 Å². The van der Waals surface area contributed by atoms with Crippen LogP contribution in [0.3, 0.4) is 0 Å². The standard InChI is InChI=1S/C14H20N2O3S/c1-10-4-5-12(20(3,18)19)8-13(10)14(17)16-7-6-15-9-11(16)2/h4-5,8,11,15H,6-7,9H2,1-3H3. The molecule has 1 saturated heterocycles. The van der Waals surface area contributed by atoms with Crippen LogP contribution in [0, 0.1) is 6.92 Å². The SMILES string of the molecule is Cc1ccc(S(C)(=O)=O)cc1C(=O)N1CCNCC1C. The van der Waals surface area contributed by atoms with E-state index in [1.165, 1.54) is 6.07 Å². The molecule has 1 aliphatic rings. The van der Waals surface area contributed by atoms with Gasteiger partial charge in [-0.1, -0.05) is 6.07 Å². The normalized spacial score (nSPS) is 19.9. The van der Waals surface area contributed by atoms with E-state index in [-0.39, 0.29) is 16.8 Å². The summed E-state index contributed by atoms with van der Waals surface area (Å²) in [5, 5.41) is 3.23. The summed E-state index contributed by atoms with van der Waals surface area (Å²) in [7, 11) is -3.30. The van der Waals surface area contributed by atoms with Crippen molar-refractivity contribution in [1.29, 1.82) is 0 Å². The van der Waals surface area contributed by atoms with Crippen LogP contribution in [0.5, 0.6) is 0 Å². The lowest BCUT2D eigenvalue weighted by Gasteiger charge is -2.34. The Morgan fingerprint density at radius 2 is 2.10 bits per heavy atom. The Labute approximate surface area is 119 Å². The van der Waals surface area contributed by atoms with Gasteiger partial charge in [0.15, 0.2) is 9.84 Å². The van der Waals surface area contributed by atoms with Crippen molar-refractivity contribution in [1.82, 2.24) is 10.2 Å². The maximum atomic E-state index is 12.6. The van der Waals surface area contributed by atoms with E-state index in [1.807, 2.05) is 13.8 Å². The van der Waals surface area contributed by atoms with Crippen LogP contribution in [0.25, 0.3) is 0 Å². The van der Waals surface area contributed by atoms with Crippen molar-refractivity contribution >= 4 is 15.7 Å². The number of rotatable bonds is 2. The summed E-state index contributed by atoms with van der Waals surface area (Å²) in [5.74, 6) is -0.0954. The molecule has 1 N–H and O–H groups in total. The number of benzene rings is 1. The number of amides is 1. The monoisotopic (exact) mass is 296 g/mol. The Morgan fingerprint density at radius 3 is 2.70 bits per heavy atom.